The summed E-state index contributed by atoms with van der Waals surface area (Å²) in [5.74, 6) is 0. The van der Waals surface area contributed by atoms with E-state index in [-0.39, 0.29) is 6.03 Å². The van der Waals surface area contributed by atoms with E-state index >= 15 is 0 Å². The Morgan fingerprint density at radius 3 is 2.25 bits per heavy atom. The van der Waals surface area contributed by atoms with Gasteiger partial charge in [0.1, 0.15) is 4.99 Å². The van der Waals surface area contributed by atoms with Crippen molar-refractivity contribution in [2.24, 2.45) is 0 Å². The monoisotopic (exact) mass is 346 g/mol. The van der Waals surface area contributed by atoms with E-state index in [0.717, 1.165) is 15.8 Å². The number of thiocarbonyl (C=S) groups is 1. The predicted octanol–water partition coefficient (Wildman–Crippen LogP) is 4.22. The van der Waals surface area contributed by atoms with Crippen molar-refractivity contribution < 1.29 is 4.79 Å². The standard InChI is InChI=1S/C15H11BrN2OS/c16-11-6-8-13(9-7-11)18-14(20)10-17(15(18)19)12-4-2-1-3-5-12/h1-9H,10H2. The third kappa shape index (κ3) is 2.34. The molecule has 0 unspecified atom stereocenters. The number of amides is 2. The summed E-state index contributed by atoms with van der Waals surface area (Å²) in [4.78, 5) is 16.4. The number of urea groups is 1. The number of carbonyl (C=O) groups excluding carboxylic acids is 1. The number of para-hydroxylation sites is 1. The number of carbonyl (C=O) groups is 1. The van der Waals surface area contributed by atoms with Crippen LogP contribution in [0.3, 0.4) is 0 Å². The smallest absolute Gasteiger partial charge is 0.287 e. The predicted molar refractivity (Wildman–Crippen MR) is 88.4 cm³/mol. The lowest BCUT2D eigenvalue weighted by Crippen LogP contribution is -2.32. The Hall–Kier alpha value is -1.72. The third-order valence-corrected chi connectivity index (χ3v) is 3.96. The third-order valence-electron chi connectivity index (χ3n) is 3.12. The molecule has 100 valence electrons. The molecule has 0 radical (unpaired) electrons. The number of hydrogen-bond acceptors (Lipinski definition) is 2. The lowest BCUT2D eigenvalue weighted by atomic mass is 10.3. The van der Waals surface area contributed by atoms with Crippen molar-refractivity contribution in [3.8, 4) is 0 Å². The van der Waals surface area contributed by atoms with Crippen molar-refractivity contribution >= 4 is 50.5 Å². The quantitative estimate of drug-likeness (QED) is 0.760. The number of halogens is 1. The largest absolute Gasteiger partial charge is 0.334 e. The molecule has 1 fully saturated rings. The van der Waals surface area contributed by atoms with Crippen LogP contribution in [0.2, 0.25) is 0 Å². The summed E-state index contributed by atoms with van der Waals surface area (Å²) >= 11 is 8.75. The van der Waals surface area contributed by atoms with E-state index in [2.05, 4.69) is 15.9 Å². The fraction of sp³-hybridized carbons (Fsp3) is 0.0667. The van der Waals surface area contributed by atoms with Crippen molar-refractivity contribution in [1.29, 1.82) is 0 Å². The van der Waals surface area contributed by atoms with Gasteiger partial charge in [-0.2, -0.15) is 0 Å². The molecule has 0 N–H and O–H groups in total. The maximum absolute atomic E-state index is 12.6. The molecule has 20 heavy (non-hydrogen) atoms. The number of anilines is 2. The van der Waals surface area contributed by atoms with E-state index in [9.17, 15) is 4.79 Å². The van der Waals surface area contributed by atoms with E-state index in [1.165, 1.54) is 0 Å². The van der Waals surface area contributed by atoms with Gasteiger partial charge in [-0.15, -0.1) is 0 Å². The summed E-state index contributed by atoms with van der Waals surface area (Å²) < 4.78 is 0.971. The Morgan fingerprint density at radius 1 is 0.950 bits per heavy atom. The molecular formula is C15H11BrN2OS. The van der Waals surface area contributed by atoms with Gasteiger partial charge in [0.2, 0.25) is 0 Å². The normalized spacial score (nSPS) is 15.1. The summed E-state index contributed by atoms with van der Waals surface area (Å²) in [6.07, 6.45) is 0. The van der Waals surface area contributed by atoms with Crippen molar-refractivity contribution in [3.63, 3.8) is 0 Å². The first-order chi connectivity index (χ1) is 9.66. The average Bonchev–Trinajstić information content (AvgIpc) is 2.76. The van der Waals surface area contributed by atoms with E-state index in [4.69, 9.17) is 12.2 Å². The van der Waals surface area contributed by atoms with E-state index in [1.807, 2.05) is 54.6 Å². The molecule has 0 bridgehead atoms. The molecule has 0 atom stereocenters. The Labute approximate surface area is 130 Å². The molecular weight excluding hydrogens is 336 g/mol. The molecule has 1 aliphatic heterocycles. The summed E-state index contributed by atoms with van der Waals surface area (Å²) in [6, 6.07) is 17.0. The highest BCUT2D eigenvalue weighted by atomic mass is 79.9. The Morgan fingerprint density at radius 2 is 1.60 bits per heavy atom. The van der Waals surface area contributed by atoms with Gasteiger partial charge in [-0.3, -0.25) is 9.80 Å². The highest BCUT2D eigenvalue weighted by molar-refractivity contribution is 9.10. The van der Waals surface area contributed by atoms with Crippen LogP contribution in [0.15, 0.2) is 59.1 Å². The molecule has 5 heteroatoms. The van der Waals surface area contributed by atoms with Gasteiger partial charge < -0.3 is 0 Å². The highest BCUT2D eigenvalue weighted by Crippen LogP contribution is 2.27. The van der Waals surface area contributed by atoms with Crippen molar-refractivity contribution in [2.45, 2.75) is 0 Å². The molecule has 3 rings (SSSR count). The molecule has 0 aromatic heterocycles. The second-order valence-electron chi connectivity index (χ2n) is 4.41. The van der Waals surface area contributed by atoms with Crippen LogP contribution >= 0.6 is 28.1 Å². The molecule has 0 aliphatic carbocycles. The average molecular weight is 347 g/mol. The second kappa shape index (κ2) is 5.34. The van der Waals surface area contributed by atoms with Crippen LogP contribution in [-0.4, -0.2) is 17.6 Å². The fourth-order valence-corrected chi connectivity index (χ4v) is 2.73. The van der Waals surface area contributed by atoms with Gasteiger partial charge in [0.05, 0.1) is 12.2 Å². The van der Waals surface area contributed by atoms with Crippen molar-refractivity contribution in [3.05, 3.63) is 59.1 Å². The van der Waals surface area contributed by atoms with Crippen LogP contribution < -0.4 is 9.80 Å². The molecule has 1 aliphatic rings. The first kappa shape index (κ1) is 13.3. The van der Waals surface area contributed by atoms with Gasteiger partial charge in [0.25, 0.3) is 0 Å². The van der Waals surface area contributed by atoms with Gasteiger partial charge >= 0.3 is 6.03 Å². The fourth-order valence-electron chi connectivity index (χ4n) is 2.16. The Balaban J connectivity index is 1.93. The van der Waals surface area contributed by atoms with Gasteiger partial charge in [-0.05, 0) is 36.4 Å². The van der Waals surface area contributed by atoms with Gasteiger partial charge in [-0.25, -0.2) is 4.79 Å². The van der Waals surface area contributed by atoms with Crippen LogP contribution in [0.5, 0.6) is 0 Å². The summed E-state index contributed by atoms with van der Waals surface area (Å²) in [6.45, 7) is 0.439. The maximum atomic E-state index is 12.6. The lowest BCUT2D eigenvalue weighted by Gasteiger charge is -2.18. The van der Waals surface area contributed by atoms with Crippen LogP contribution in [0.25, 0.3) is 0 Å². The number of benzene rings is 2. The molecule has 2 aromatic rings. The van der Waals surface area contributed by atoms with E-state index in [1.54, 1.807) is 9.80 Å². The maximum Gasteiger partial charge on any atom is 0.334 e. The second-order valence-corrected chi connectivity index (χ2v) is 5.80. The zero-order valence-corrected chi connectivity index (χ0v) is 12.9. The van der Waals surface area contributed by atoms with Crippen LogP contribution in [0.4, 0.5) is 16.2 Å². The van der Waals surface area contributed by atoms with Gasteiger partial charge in [-0.1, -0.05) is 46.3 Å². The molecule has 2 aromatic carbocycles. The van der Waals surface area contributed by atoms with Crippen LogP contribution in [0, 0.1) is 0 Å². The summed E-state index contributed by atoms with van der Waals surface area (Å²) in [5.41, 5.74) is 1.65. The molecule has 1 saturated heterocycles. The molecule has 3 nitrogen and oxygen atoms in total. The minimum atomic E-state index is -0.108. The number of hydrogen-bond donors (Lipinski definition) is 0. The van der Waals surface area contributed by atoms with Crippen LogP contribution in [0.1, 0.15) is 0 Å². The number of nitrogens with zero attached hydrogens (tertiary/aromatic N) is 2. The molecule has 0 spiro atoms. The molecule has 1 heterocycles. The highest BCUT2D eigenvalue weighted by Gasteiger charge is 2.35. The van der Waals surface area contributed by atoms with Crippen molar-refractivity contribution in [1.82, 2.24) is 0 Å². The van der Waals surface area contributed by atoms with E-state index < -0.39 is 0 Å². The number of rotatable bonds is 2. The van der Waals surface area contributed by atoms with Crippen molar-refractivity contribution in [2.75, 3.05) is 16.3 Å². The van der Waals surface area contributed by atoms with Gasteiger partial charge in [0.15, 0.2) is 0 Å². The van der Waals surface area contributed by atoms with E-state index in [0.29, 0.717) is 11.5 Å². The Bertz CT molecular complexity index is 657. The minimum Gasteiger partial charge on any atom is -0.287 e. The van der Waals surface area contributed by atoms with Crippen LogP contribution in [-0.2, 0) is 0 Å². The van der Waals surface area contributed by atoms with Gasteiger partial charge in [0, 0.05) is 10.2 Å². The SMILES string of the molecule is O=C1N(c2ccccc2)CC(=S)N1c1ccc(Br)cc1. The first-order valence-corrected chi connectivity index (χ1v) is 7.32. The topological polar surface area (TPSA) is 23.6 Å². The Kier molecular flexibility index (Phi) is 3.54. The molecule has 0 saturated carbocycles. The molecule has 2 amide bonds. The minimum absolute atomic E-state index is 0.108. The summed E-state index contributed by atoms with van der Waals surface area (Å²) in [5, 5.41) is 0. The first-order valence-electron chi connectivity index (χ1n) is 6.12. The lowest BCUT2D eigenvalue weighted by molar-refractivity contribution is 0.256. The zero-order chi connectivity index (χ0) is 14.1. The zero-order valence-electron chi connectivity index (χ0n) is 10.5. The summed E-state index contributed by atoms with van der Waals surface area (Å²) in [7, 11) is 0.